The Morgan fingerprint density at radius 2 is 1.82 bits per heavy atom. The van der Waals surface area contributed by atoms with Crippen LogP contribution in [-0.4, -0.2) is 16.5 Å². The van der Waals surface area contributed by atoms with Gasteiger partial charge in [-0.1, -0.05) is 24.3 Å². The second-order valence-corrected chi connectivity index (χ2v) is 4.42. The number of nitro groups is 1. The maximum atomic E-state index is 12.8. The van der Waals surface area contributed by atoms with Gasteiger partial charge in [0.2, 0.25) is 0 Å². The Labute approximate surface area is 125 Å². The van der Waals surface area contributed by atoms with Gasteiger partial charge in [-0.3, -0.25) is 14.9 Å². The molecule has 1 amide bonds. The van der Waals surface area contributed by atoms with Gasteiger partial charge in [-0.25, -0.2) is 9.82 Å². The molecular formula is C15H12FN3O3. The molecule has 0 saturated heterocycles. The molecule has 0 atom stereocenters. The second kappa shape index (κ2) is 6.57. The van der Waals surface area contributed by atoms with Crippen molar-refractivity contribution in [3.8, 4) is 0 Å². The molecule has 112 valence electrons. The van der Waals surface area contributed by atoms with Crippen LogP contribution in [-0.2, 0) is 0 Å². The summed E-state index contributed by atoms with van der Waals surface area (Å²) in [5.41, 5.74) is 2.96. The molecule has 0 fully saturated rings. The summed E-state index contributed by atoms with van der Waals surface area (Å²) < 4.78 is 12.8. The highest BCUT2D eigenvalue weighted by atomic mass is 19.1. The van der Waals surface area contributed by atoms with E-state index < -0.39 is 10.8 Å². The minimum absolute atomic E-state index is 0.0804. The molecule has 0 aromatic heterocycles. The first kappa shape index (κ1) is 15.3. The van der Waals surface area contributed by atoms with Crippen molar-refractivity contribution in [1.82, 2.24) is 5.43 Å². The van der Waals surface area contributed by atoms with Crippen LogP contribution in [0.15, 0.2) is 53.6 Å². The van der Waals surface area contributed by atoms with Gasteiger partial charge in [0, 0.05) is 6.07 Å². The van der Waals surface area contributed by atoms with Crippen LogP contribution in [0.5, 0.6) is 0 Å². The van der Waals surface area contributed by atoms with Gasteiger partial charge >= 0.3 is 0 Å². The molecule has 0 aliphatic heterocycles. The van der Waals surface area contributed by atoms with Gasteiger partial charge in [-0.2, -0.15) is 5.10 Å². The fourth-order valence-corrected chi connectivity index (χ4v) is 1.78. The first-order valence-corrected chi connectivity index (χ1v) is 6.33. The van der Waals surface area contributed by atoms with Crippen molar-refractivity contribution in [2.24, 2.45) is 5.10 Å². The zero-order chi connectivity index (χ0) is 16.1. The van der Waals surface area contributed by atoms with Gasteiger partial charge in [0.15, 0.2) is 0 Å². The summed E-state index contributed by atoms with van der Waals surface area (Å²) in [7, 11) is 0. The summed E-state index contributed by atoms with van der Waals surface area (Å²) in [4.78, 5) is 22.2. The van der Waals surface area contributed by atoms with E-state index in [-0.39, 0.29) is 17.1 Å². The molecule has 2 aromatic carbocycles. The third-order valence-electron chi connectivity index (χ3n) is 2.93. The van der Waals surface area contributed by atoms with Gasteiger partial charge in [-0.15, -0.1) is 0 Å². The van der Waals surface area contributed by atoms with Gasteiger partial charge < -0.3 is 0 Å². The molecule has 2 rings (SSSR count). The highest BCUT2D eigenvalue weighted by Crippen LogP contribution is 2.17. The molecule has 0 unspecified atom stereocenters. The number of hydrogen-bond acceptors (Lipinski definition) is 4. The Balaban J connectivity index is 2.17. The molecule has 0 radical (unpaired) electrons. The lowest BCUT2D eigenvalue weighted by Gasteiger charge is -2.03. The molecule has 2 aromatic rings. The Morgan fingerprint density at radius 3 is 2.45 bits per heavy atom. The van der Waals surface area contributed by atoms with E-state index >= 15 is 0 Å². The minimum atomic E-state index is -0.686. The largest absolute Gasteiger partial charge is 0.282 e. The average Bonchev–Trinajstić information content (AvgIpc) is 2.53. The van der Waals surface area contributed by atoms with Crippen molar-refractivity contribution in [3.63, 3.8) is 0 Å². The summed E-state index contributed by atoms with van der Waals surface area (Å²) in [6.45, 7) is 1.63. The number of carbonyl (C=O) groups is 1. The van der Waals surface area contributed by atoms with Crippen LogP contribution in [0.1, 0.15) is 22.8 Å². The van der Waals surface area contributed by atoms with Crippen LogP contribution in [0.3, 0.4) is 0 Å². The molecule has 22 heavy (non-hydrogen) atoms. The van der Waals surface area contributed by atoms with Gasteiger partial charge in [0.05, 0.1) is 10.6 Å². The number of nitrogens with one attached hydrogen (secondary N) is 1. The Bertz CT molecular complexity index is 742. The summed E-state index contributed by atoms with van der Waals surface area (Å²) >= 11 is 0. The van der Waals surface area contributed by atoms with Crippen molar-refractivity contribution < 1.29 is 14.1 Å². The molecule has 6 nitrogen and oxygen atoms in total. The number of rotatable bonds is 4. The number of hydrazone groups is 1. The lowest BCUT2D eigenvalue weighted by atomic mass is 10.1. The van der Waals surface area contributed by atoms with E-state index in [2.05, 4.69) is 10.5 Å². The smallest absolute Gasteiger partial charge is 0.267 e. The minimum Gasteiger partial charge on any atom is -0.267 e. The van der Waals surface area contributed by atoms with Crippen LogP contribution in [0.4, 0.5) is 10.1 Å². The number of nitrogens with zero attached hydrogens (tertiary/aromatic N) is 2. The molecule has 0 aliphatic carbocycles. The van der Waals surface area contributed by atoms with Crippen molar-refractivity contribution in [2.75, 3.05) is 0 Å². The lowest BCUT2D eigenvalue weighted by molar-refractivity contribution is -0.385. The van der Waals surface area contributed by atoms with Crippen molar-refractivity contribution in [3.05, 3.63) is 75.6 Å². The van der Waals surface area contributed by atoms with E-state index in [1.54, 1.807) is 6.92 Å². The standard InChI is InChI=1S/C15H12FN3O3/c1-10(11-6-8-12(16)9-7-11)17-18-15(20)13-4-2-3-5-14(13)19(21)22/h2-9H,1H3,(H,18,20). The van der Waals surface area contributed by atoms with E-state index in [1.165, 1.54) is 48.5 Å². The molecule has 7 heteroatoms. The Kier molecular flexibility index (Phi) is 4.57. The van der Waals surface area contributed by atoms with E-state index in [1.807, 2.05) is 0 Å². The highest BCUT2D eigenvalue weighted by Gasteiger charge is 2.18. The summed E-state index contributed by atoms with van der Waals surface area (Å²) in [5.74, 6) is -1.06. The predicted octanol–water partition coefficient (Wildman–Crippen LogP) is 2.89. The highest BCUT2D eigenvalue weighted by molar-refractivity contribution is 6.02. The number of nitro benzene ring substituents is 1. The zero-order valence-corrected chi connectivity index (χ0v) is 11.6. The fourth-order valence-electron chi connectivity index (χ4n) is 1.78. The molecule has 0 heterocycles. The third-order valence-corrected chi connectivity index (χ3v) is 2.93. The topological polar surface area (TPSA) is 84.6 Å². The SMILES string of the molecule is CC(=NNC(=O)c1ccccc1[N+](=O)[O-])c1ccc(F)cc1. The van der Waals surface area contributed by atoms with E-state index in [9.17, 15) is 19.3 Å². The van der Waals surface area contributed by atoms with Crippen molar-refractivity contribution in [1.29, 1.82) is 0 Å². The number of carbonyl (C=O) groups excluding carboxylic acids is 1. The first-order chi connectivity index (χ1) is 10.5. The molecule has 0 saturated carbocycles. The fraction of sp³-hybridized carbons (Fsp3) is 0.0667. The van der Waals surface area contributed by atoms with Gasteiger partial charge in [0.1, 0.15) is 11.4 Å². The van der Waals surface area contributed by atoms with Crippen LogP contribution < -0.4 is 5.43 Å². The number of amides is 1. The van der Waals surface area contributed by atoms with Crippen LogP contribution in [0.25, 0.3) is 0 Å². The molecular weight excluding hydrogens is 289 g/mol. The summed E-state index contributed by atoms with van der Waals surface area (Å²) in [6.07, 6.45) is 0. The summed E-state index contributed by atoms with van der Waals surface area (Å²) in [6, 6.07) is 11.2. The van der Waals surface area contributed by atoms with Gasteiger partial charge in [-0.05, 0) is 30.7 Å². The van der Waals surface area contributed by atoms with Crippen LogP contribution in [0, 0.1) is 15.9 Å². The molecule has 0 aliphatic rings. The second-order valence-electron chi connectivity index (χ2n) is 4.42. The number of benzene rings is 2. The van der Waals surface area contributed by atoms with Crippen LogP contribution >= 0.6 is 0 Å². The maximum Gasteiger partial charge on any atom is 0.282 e. The van der Waals surface area contributed by atoms with E-state index in [4.69, 9.17) is 0 Å². The first-order valence-electron chi connectivity index (χ1n) is 6.33. The Hall–Kier alpha value is -3.09. The van der Waals surface area contributed by atoms with Gasteiger partial charge in [0.25, 0.3) is 11.6 Å². The number of hydrogen-bond donors (Lipinski definition) is 1. The average molecular weight is 301 g/mol. The monoisotopic (exact) mass is 301 g/mol. The molecule has 0 spiro atoms. The predicted molar refractivity (Wildman–Crippen MR) is 79.2 cm³/mol. The molecule has 1 N–H and O–H groups in total. The summed E-state index contributed by atoms with van der Waals surface area (Å²) in [5, 5.41) is 14.7. The Morgan fingerprint density at radius 1 is 1.18 bits per heavy atom. The lowest BCUT2D eigenvalue weighted by Crippen LogP contribution is -2.20. The number of para-hydroxylation sites is 1. The van der Waals surface area contributed by atoms with Crippen molar-refractivity contribution >= 4 is 17.3 Å². The number of halogens is 1. The molecule has 0 bridgehead atoms. The van der Waals surface area contributed by atoms with E-state index in [0.717, 1.165) is 0 Å². The quantitative estimate of drug-likeness (QED) is 0.535. The van der Waals surface area contributed by atoms with E-state index in [0.29, 0.717) is 11.3 Å². The normalized spacial score (nSPS) is 11.1. The van der Waals surface area contributed by atoms with Crippen LogP contribution in [0.2, 0.25) is 0 Å². The maximum absolute atomic E-state index is 12.8. The van der Waals surface area contributed by atoms with Crippen molar-refractivity contribution in [2.45, 2.75) is 6.92 Å². The third kappa shape index (κ3) is 3.51. The zero-order valence-electron chi connectivity index (χ0n) is 11.6.